The van der Waals surface area contributed by atoms with Crippen molar-refractivity contribution in [2.75, 3.05) is 26.8 Å². The van der Waals surface area contributed by atoms with Crippen molar-refractivity contribution in [2.24, 2.45) is 5.92 Å². The lowest BCUT2D eigenvalue weighted by atomic mass is 10.2. The number of methoxy groups -OCH3 is 1. The first-order chi connectivity index (χ1) is 12.8. The number of nitro groups is 1. The normalized spacial score (nSPS) is 11.3. The highest BCUT2D eigenvalue weighted by Crippen LogP contribution is 2.20. The molecule has 0 atom stereocenters. The van der Waals surface area contributed by atoms with Crippen LogP contribution in [0, 0.1) is 16.0 Å². The van der Waals surface area contributed by atoms with Gasteiger partial charge in [0.25, 0.3) is 5.69 Å². The second-order valence-corrected chi connectivity index (χ2v) is 6.76. The maximum absolute atomic E-state index is 12.5. The van der Waals surface area contributed by atoms with E-state index in [1.165, 1.54) is 22.8 Å². The summed E-state index contributed by atoms with van der Waals surface area (Å²) in [7, 11) is 1.60. The van der Waals surface area contributed by atoms with E-state index in [1.807, 2.05) is 13.8 Å². The van der Waals surface area contributed by atoms with Gasteiger partial charge in [-0.05, 0) is 18.4 Å². The molecular formula is C18H25N3O6. The largest absolute Gasteiger partial charge is 0.419 e. The van der Waals surface area contributed by atoms with Crippen LogP contribution in [0.2, 0.25) is 0 Å². The van der Waals surface area contributed by atoms with Crippen LogP contribution in [0.3, 0.4) is 0 Å². The molecule has 1 aromatic heterocycles. The van der Waals surface area contributed by atoms with E-state index in [9.17, 15) is 19.7 Å². The average molecular weight is 379 g/mol. The lowest BCUT2D eigenvalue weighted by Gasteiger charge is -2.24. The fourth-order valence-corrected chi connectivity index (χ4v) is 2.89. The molecule has 0 N–H and O–H groups in total. The van der Waals surface area contributed by atoms with Crippen LogP contribution in [-0.2, 0) is 16.1 Å². The lowest BCUT2D eigenvalue weighted by Crippen LogP contribution is -2.36. The maximum atomic E-state index is 12.5. The van der Waals surface area contributed by atoms with Crippen molar-refractivity contribution in [1.82, 2.24) is 9.47 Å². The number of nitro benzene ring substituents is 1. The number of nitrogens with zero attached hydrogens (tertiary/aromatic N) is 3. The monoisotopic (exact) mass is 379 g/mol. The van der Waals surface area contributed by atoms with Crippen molar-refractivity contribution >= 4 is 22.7 Å². The van der Waals surface area contributed by atoms with Crippen molar-refractivity contribution in [3.8, 4) is 0 Å². The minimum Gasteiger partial charge on any atom is -0.407 e. The summed E-state index contributed by atoms with van der Waals surface area (Å²) in [6, 6.07) is 4.05. The van der Waals surface area contributed by atoms with Crippen LogP contribution < -0.4 is 5.76 Å². The highest BCUT2D eigenvalue weighted by atomic mass is 16.6. The summed E-state index contributed by atoms with van der Waals surface area (Å²) in [6.45, 7) is 6.05. The van der Waals surface area contributed by atoms with Gasteiger partial charge < -0.3 is 14.1 Å². The molecule has 2 rings (SSSR count). The minimum absolute atomic E-state index is 0.0113. The molecule has 0 saturated heterocycles. The molecule has 148 valence electrons. The average Bonchev–Trinajstić information content (AvgIpc) is 2.92. The van der Waals surface area contributed by atoms with E-state index in [1.54, 1.807) is 12.0 Å². The molecule has 1 heterocycles. The molecule has 0 spiro atoms. The van der Waals surface area contributed by atoms with Crippen molar-refractivity contribution in [3.63, 3.8) is 0 Å². The number of rotatable bonds is 10. The molecule has 1 amide bonds. The number of carbonyl (C=O) groups excluding carboxylic acids is 1. The molecule has 2 aromatic rings. The zero-order chi connectivity index (χ0) is 20.0. The van der Waals surface area contributed by atoms with E-state index < -0.39 is 10.7 Å². The van der Waals surface area contributed by atoms with Crippen LogP contribution in [0.4, 0.5) is 5.69 Å². The summed E-state index contributed by atoms with van der Waals surface area (Å²) < 4.78 is 11.5. The molecule has 0 saturated carbocycles. The second-order valence-electron chi connectivity index (χ2n) is 6.76. The number of aryl methyl sites for hydroxylation is 1. The molecule has 0 fully saturated rings. The third-order valence-corrected chi connectivity index (χ3v) is 4.14. The second kappa shape index (κ2) is 9.31. The predicted octanol–water partition coefficient (Wildman–Crippen LogP) is 2.41. The van der Waals surface area contributed by atoms with Gasteiger partial charge in [0.15, 0.2) is 5.58 Å². The minimum atomic E-state index is -0.587. The van der Waals surface area contributed by atoms with E-state index in [0.29, 0.717) is 50.5 Å². The summed E-state index contributed by atoms with van der Waals surface area (Å²) in [5.41, 5.74) is 0.513. The highest BCUT2D eigenvalue weighted by molar-refractivity contribution is 5.77. The first-order valence-electron chi connectivity index (χ1n) is 8.88. The van der Waals surface area contributed by atoms with E-state index in [4.69, 9.17) is 9.15 Å². The van der Waals surface area contributed by atoms with Gasteiger partial charge in [0.05, 0.1) is 23.1 Å². The van der Waals surface area contributed by atoms with Gasteiger partial charge in [-0.15, -0.1) is 0 Å². The fraction of sp³-hybridized carbons (Fsp3) is 0.556. The fourth-order valence-electron chi connectivity index (χ4n) is 2.89. The Balaban J connectivity index is 2.03. The Hall–Kier alpha value is -2.68. The van der Waals surface area contributed by atoms with Crippen molar-refractivity contribution in [3.05, 3.63) is 38.9 Å². The summed E-state index contributed by atoms with van der Waals surface area (Å²) in [6.07, 6.45) is 0.758. The van der Waals surface area contributed by atoms with Gasteiger partial charge >= 0.3 is 5.76 Å². The molecule has 0 aliphatic carbocycles. The summed E-state index contributed by atoms with van der Waals surface area (Å²) >= 11 is 0. The third kappa shape index (κ3) is 5.40. The van der Waals surface area contributed by atoms with Crippen molar-refractivity contribution < 1.29 is 18.9 Å². The van der Waals surface area contributed by atoms with E-state index in [2.05, 4.69) is 0 Å². The van der Waals surface area contributed by atoms with Crippen LogP contribution in [0.15, 0.2) is 27.4 Å². The van der Waals surface area contributed by atoms with Crippen LogP contribution in [0.1, 0.15) is 26.7 Å². The Bertz CT molecular complexity index is 854. The quantitative estimate of drug-likeness (QED) is 0.463. The number of fused-ring (bicyclic) bond motifs is 1. The SMILES string of the molecule is COCCN(CC(C)C)C(=O)CCCn1c(=O)oc2cc([N+](=O)[O-])ccc21. The number of benzene rings is 1. The standard InChI is InChI=1S/C18H25N3O6/c1-13(2)12-19(9-10-26-3)17(22)5-4-8-20-15-7-6-14(21(24)25)11-16(15)27-18(20)23/h6-7,11,13H,4-5,8-10,12H2,1-3H3. The molecule has 0 radical (unpaired) electrons. The first-order valence-corrected chi connectivity index (χ1v) is 8.88. The summed E-state index contributed by atoms with van der Waals surface area (Å²) in [5, 5.41) is 10.8. The van der Waals surface area contributed by atoms with Gasteiger partial charge in [0.2, 0.25) is 5.91 Å². The smallest absolute Gasteiger partial charge is 0.407 e. The number of carbonyl (C=O) groups is 1. The predicted molar refractivity (Wildman–Crippen MR) is 99.7 cm³/mol. The Morgan fingerprint density at radius 1 is 1.41 bits per heavy atom. The molecule has 0 aliphatic rings. The van der Waals surface area contributed by atoms with Crippen molar-refractivity contribution in [2.45, 2.75) is 33.2 Å². The van der Waals surface area contributed by atoms with Gasteiger partial charge in [-0.1, -0.05) is 13.8 Å². The van der Waals surface area contributed by atoms with Crippen LogP contribution in [-0.4, -0.2) is 47.1 Å². The summed E-state index contributed by atoms with van der Waals surface area (Å²) in [4.78, 5) is 36.6. The molecule has 0 bridgehead atoms. The topological polar surface area (TPSA) is 108 Å². The van der Waals surface area contributed by atoms with E-state index in [-0.39, 0.29) is 17.2 Å². The molecule has 9 nitrogen and oxygen atoms in total. The zero-order valence-corrected chi connectivity index (χ0v) is 15.8. The van der Waals surface area contributed by atoms with Gasteiger partial charge in [-0.3, -0.25) is 19.5 Å². The number of aromatic nitrogens is 1. The third-order valence-electron chi connectivity index (χ3n) is 4.14. The Morgan fingerprint density at radius 3 is 2.78 bits per heavy atom. The molecule has 0 unspecified atom stereocenters. The van der Waals surface area contributed by atoms with Crippen LogP contribution in [0.5, 0.6) is 0 Å². The van der Waals surface area contributed by atoms with E-state index in [0.717, 1.165) is 0 Å². The first kappa shape index (κ1) is 20.6. The number of oxazole rings is 1. The molecule has 9 heteroatoms. The molecular weight excluding hydrogens is 354 g/mol. The van der Waals surface area contributed by atoms with Crippen molar-refractivity contribution in [1.29, 1.82) is 0 Å². The van der Waals surface area contributed by atoms with E-state index >= 15 is 0 Å². The Labute approximate surface area is 156 Å². The Kier molecular flexibility index (Phi) is 7.12. The van der Waals surface area contributed by atoms with Gasteiger partial charge in [-0.25, -0.2) is 4.79 Å². The van der Waals surface area contributed by atoms with Gasteiger partial charge in [0.1, 0.15) is 0 Å². The molecule has 0 aliphatic heterocycles. The Morgan fingerprint density at radius 2 is 2.15 bits per heavy atom. The molecule has 1 aromatic carbocycles. The zero-order valence-electron chi connectivity index (χ0n) is 15.8. The number of ether oxygens (including phenoxy) is 1. The number of non-ortho nitro benzene ring substituents is 1. The summed E-state index contributed by atoms with van der Waals surface area (Å²) in [5.74, 6) is -0.226. The molecule has 27 heavy (non-hydrogen) atoms. The van der Waals surface area contributed by atoms with Crippen LogP contribution in [0.25, 0.3) is 11.1 Å². The van der Waals surface area contributed by atoms with Crippen LogP contribution >= 0.6 is 0 Å². The maximum Gasteiger partial charge on any atom is 0.419 e. The number of hydrogen-bond donors (Lipinski definition) is 0. The van der Waals surface area contributed by atoms with Gasteiger partial charge in [0, 0.05) is 39.2 Å². The number of hydrogen-bond acceptors (Lipinski definition) is 6. The number of amides is 1. The van der Waals surface area contributed by atoms with Gasteiger partial charge in [-0.2, -0.15) is 0 Å². The highest BCUT2D eigenvalue weighted by Gasteiger charge is 2.17. The lowest BCUT2D eigenvalue weighted by molar-refractivity contribution is -0.384.